The first-order valence-corrected chi connectivity index (χ1v) is 10.4. The van der Waals surface area contributed by atoms with Gasteiger partial charge in [0.25, 0.3) is 0 Å². The molecule has 0 N–H and O–H groups in total. The average molecular weight is 430 g/mol. The minimum absolute atomic E-state index is 0.626. The zero-order valence-electron chi connectivity index (χ0n) is 15.9. The topological polar surface area (TPSA) is 30.2 Å². The van der Waals surface area contributed by atoms with Gasteiger partial charge in [-0.2, -0.15) is 0 Å². The van der Waals surface area contributed by atoms with Crippen LogP contribution in [0.1, 0.15) is 19.4 Å². The highest BCUT2D eigenvalue weighted by atomic mass is 79.9. The monoisotopic (exact) mass is 429 g/mol. The summed E-state index contributed by atoms with van der Waals surface area (Å²) in [7, 11) is 0. The van der Waals surface area contributed by atoms with Gasteiger partial charge in [-0.3, -0.25) is 4.40 Å². The van der Waals surface area contributed by atoms with Crippen molar-refractivity contribution < 1.29 is 0 Å². The van der Waals surface area contributed by atoms with Gasteiger partial charge < -0.3 is 0 Å². The van der Waals surface area contributed by atoms with E-state index in [1.165, 1.54) is 16.3 Å². The van der Waals surface area contributed by atoms with Crippen LogP contribution < -0.4 is 0 Å². The van der Waals surface area contributed by atoms with Gasteiger partial charge in [0.1, 0.15) is 0 Å². The Morgan fingerprint density at radius 1 is 0.857 bits per heavy atom. The van der Waals surface area contributed by atoms with Gasteiger partial charge in [-0.1, -0.05) is 72.2 Å². The summed E-state index contributed by atoms with van der Waals surface area (Å²) in [5, 5.41) is 12.7. The van der Waals surface area contributed by atoms with Crippen molar-refractivity contribution in [2.24, 2.45) is 5.92 Å². The summed E-state index contributed by atoms with van der Waals surface area (Å²) in [5.74, 6) is 1.50. The molecule has 0 bridgehead atoms. The summed E-state index contributed by atoms with van der Waals surface area (Å²) in [4.78, 5) is 0. The Morgan fingerprint density at radius 2 is 1.61 bits per heavy atom. The van der Waals surface area contributed by atoms with Gasteiger partial charge in [-0.05, 0) is 47.6 Å². The lowest BCUT2D eigenvalue weighted by molar-refractivity contribution is 0.648. The Hall–Kier alpha value is -2.72. The molecule has 138 valence electrons. The van der Waals surface area contributed by atoms with E-state index in [0.29, 0.717) is 5.92 Å². The van der Waals surface area contributed by atoms with Gasteiger partial charge in [0.15, 0.2) is 11.5 Å². The first kappa shape index (κ1) is 17.4. The molecule has 3 aromatic carbocycles. The van der Waals surface area contributed by atoms with Crippen molar-refractivity contribution in [2.75, 3.05) is 0 Å². The fraction of sp³-hybridized carbons (Fsp3) is 0.167. The van der Waals surface area contributed by atoms with E-state index in [4.69, 9.17) is 0 Å². The van der Waals surface area contributed by atoms with Crippen LogP contribution in [0.3, 0.4) is 0 Å². The molecule has 5 rings (SSSR count). The second-order valence-corrected chi connectivity index (χ2v) is 8.60. The van der Waals surface area contributed by atoms with E-state index in [9.17, 15) is 0 Å². The highest BCUT2D eigenvalue weighted by Crippen LogP contribution is 2.33. The molecule has 0 radical (unpaired) electrons. The lowest BCUT2D eigenvalue weighted by atomic mass is 9.98. The van der Waals surface area contributed by atoms with Crippen molar-refractivity contribution in [2.45, 2.75) is 20.3 Å². The summed E-state index contributed by atoms with van der Waals surface area (Å²) < 4.78 is 3.25. The molecule has 4 heteroatoms. The predicted molar refractivity (Wildman–Crippen MR) is 120 cm³/mol. The van der Waals surface area contributed by atoms with Crippen LogP contribution in [0.15, 0.2) is 71.2 Å². The van der Waals surface area contributed by atoms with Crippen LogP contribution in [-0.4, -0.2) is 14.6 Å². The van der Waals surface area contributed by atoms with Crippen molar-refractivity contribution in [3.8, 4) is 11.4 Å². The van der Waals surface area contributed by atoms with Crippen LogP contribution in [-0.2, 0) is 6.42 Å². The van der Waals surface area contributed by atoms with E-state index in [-0.39, 0.29) is 0 Å². The van der Waals surface area contributed by atoms with Gasteiger partial charge in [-0.15, -0.1) is 10.2 Å². The molecule has 0 aliphatic carbocycles. The van der Waals surface area contributed by atoms with Crippen molar-refractivity contribution in [1.29, 1.82) is 0 Å². The molecule has 3 nitrogen and oxygen atoms in total. The van der Waals surface area contributed by atoms with E-state index >= 15 is 0 Å². The van der Waals surface area contributed by atoms with Gasteiger partial charge in [-0.25, -0.2) is 0 Å². The summed E-state index contributed by atoms with van der Waals surface area (Å²) in [6.45, 7) is 4.52. The zero-order valence-corrected chi connectivity index (χ0v) is 17.4. The van der Waals surface area contributed by atoms with Crippen molar-refractivity contribution in [1.82, 2.24) is 14.6 Å². The fourth-order valence-corrected chi connectivity index (χ4v) is 4.24. The maximum Gasteiger partial charge on any atom is 0.169 e. The summed E-state index contributed by atoms with van der Waals surface area (Å²) >= 11 is 3.52. The number of benzene rings is 3. The van der Waals surface area contributed by atoms with Crippen LogP contribution >= 0.6 is 15.9 Å². The first-order valence-electron chi connectivity index (χ1n) is 9.56. The Morgan fingerprint density at radius 3 is 2.36 bits per heavy atom. The third-order valence-corrected chi connectivity index (χ3v) is 5.70. The van der Waals surface area contributed by atoms with Crippen molar-refractivity contribution in [3.05, 3.63) is 76.8 Å². The Labute approximate surface area is 172 Å². The molecular formula is C24H20BrN3. The highest BCUT2D eigenvalue weighted by molar-refractivity contribution is 9.10. The number of rotatable bonds is 3. The number of aromatic nitrogens is 3. The minimum Gasteiger partial charge on any atom is -0.274 e. The molecule has 0 saturated heterocycles. The van der Waals surface area contributed by atoms with Gasteiger partial charge in [0.2, 0.25) is 0 Å². The molecule has 0 amide bonds. The molecule has 0 aliphatic rings. The standard InChI is InChI=1S/C24H20BrN3/c1-15(2)13-16-7-12-22-21(14-16)19-5-3-4-6-20(19)24-27-26-23(28(22)24)17-8-10-18(25)11-9-17/h3-12,14-15H,13H2,1-2H3. The van der Waals surface area contributed by atoms with Crippen molar-refractivity contribution >= 4 is 43.3 Å². The number of hydrogen-bond donors (Lipinski definition) is 0. The normalized spacial score (nSPS) is 11.9. The molecule has 0 aliphatic heterocycles. The maximum absolute atomic E-state index is 4.57. The van der Waals surface area contributed by atoms with E-state index < -0.39 is 0 Å². The van der Waals surface area contributed by atoms with Crippen LogP contribution in [0, 0.1) is 5.92 Å². The molecule has 0 atom stereocenters. The molecule has 0 unspecified atom stereocenters. The molecular weight excluding hydrogens is 410 g/mol. The fourth-order valence-electron chi connectivity index (χ4n) is 3.98. The second-order valence-electron chi connectivity index (χ2n) is 7.68. The average Bonchev–Trinajstić information content (AvgIpc) is 3.14. The molecule has 28 heavy (non-hydrogen) atoms. The Kier molecular flexibility index (Phi) is 4.17. The molecule has 0 saturated carbocycles. The maximum atomic E-state index is 4.57. The zero-order chi connectivity index (χ0) is 19.3. The molecule has 0 fully saturated rings. The van der Waals surface area contributed by atoms with Gasteiger partial charge in [0, 0.05) is 20.8 Å². The van der Waals surface area contributed by atoms with E-state index in [1.54, 1.807) is 0 Å². The minimum atomic E-state index is 0.626. The van der Waals surface area contributed by atoms with Crippen LogP contribution in [0.5, 0.6) is 0 Å². The number of pyridine rings is 1. The summed E-state index contributed by atoms with van der Waals surface area (Å²) in [6.07, 6.45) is 1.07. The smallest absolute Gasteiger partial charge is 0.169 e. The quantitative estimate of drug-likeness (QED) is 0.300. The molecule has 5 aromatic rings. The second kappa shape index (κ2) is 6.71. The molecule has 0 spiro atoms. The predicted octanol–water partition coefficient (Wildman–Crippen LogP) is 6.66. The van der Waals surface area contributed by atoms with Gasteiger partial charge in [0.05, 0.1) is 5.52 Å². The number of hydrogen-bond acceptors (Lipinski definition) is 2. The Bertz CT molecular complexity index is 1320. The molecule has 2 heterocycles. The number of fused-ring (bicyclic) bond motifs is 6. The summed E-state index contributed by atoms with van der Waals surface area (Å²) in [6, 6.07) is 23.5. The number of halogens is 1. The lowest BCUT2D eigenvalue weighted by Gasteiger charge is -2.12. The number of nitrogens with zero attached hydrogens (tertiary/aromatic N) is 3. The summed E-state index contributed by atoms with van der Waals surface area (Å²) in [5.41, 5.74) is 4.46. The van der Waals surface area contributed by atoms with Crippen LogP contribution in [0.25, 0.3) is 38.7 Å². The molecule has 2 aromatic heterocycles. The van der Waals surface area contributed by atoms with Crippen LogP contribution in [0.2, 0.25) is 0 Å². The van der Waals surface area contributed by atoms with E-state index in [0.717, 1.165) is 38.8 Å². The third-order valence-electron chi connectivity index (χ3n) is 5.17. The Balaban J connectivity index is 1.89. The largest absolute Gasteiger partial charge is 0.274 e. The third kappa shape index (κ3) is 2.80. The lowest BCUT2D eigenvalue weighted by Crippen LogP contribution is -1.97. The first-order chi connectivity index (χ1) is 13.6. The van der Waals surface area contributed by atoms with Crippen LogP contribution in [0.4, 0.5) is 0 Å². The van der Waals surface area contributed by atoms with Gasteiger partial charge >= 0.3 is 0 Å². The highest BCUT2D eigenvalue weighted by Gasteiger charge is 2.16. The van der Waals surface area contributed by atoms with E-state index in [2.05, 4.69) is 99.0 Å². The van der Waals surface area contributed by atoms with Crippen molar-refractivity contribution in [3.63, 3.8) is 0 Å². The van der Waals surface area contributed by atoms with E-state index in [1.807, 2.05) is 12.1 Å². The SMILES string of the molecule is CC(C)Cc1ccc2c(c1)c1ccccc1c1nnc(-c3ccc(Br)cc3)n21.